The molecule has 5 nitrogen and oxygen atoms in total. The molecule has 1 saturated heterocycles. The van der Waals surface area contributed by atoms with E-state index in [-0.39, 0.29) is 5.57 Å². The molecule has 1 aromatic rings. The molecular formula is C21H31N3O2S. The number of anilines is 1. The monoisotopic (exact) mass is 389 g/mol. The van der Waals surface area contributed by atoms with E-state index in [9.17, 15) is 10.1 Å². The number of esters is 1. The molecule has 27 heavy (non-hydrogen) atoms. The van der Waals surface area contributed by atoms with Crippen LogP contribution in [-0.4, -0.2) is 32.2 Å². The second kappa shape index (κ2) is 12.5. The molecule has 0 aliphatic carbocycles. The van der Waals surface area contributed by atoms with Crippen LogP contribution in [0.25, 0.3) is 6.08 Å². The number of hydrogen-bond acceptors (Lipinski definition) is 6. The summed E-state index contributed by atoms with van der Waals surface area (Å²) in [7, 11) is 0. The summed E-state index contributed by atoms with van der Waals surface area (Å²) in [4.78, 5) is 15.4. The van der Waals surface area contributed by atoms with Gasteiger partial charge in [-0.05, 0) is 56.9 Å². The molecule has 1 aliphatic heterocycles. The largest absolute Gasteiger partial charge is 0.462 e. The molecule has 0 unspecified atom stereocenters. The highest BCUT2D eigenvalue weighted by atomic mass is 32.1. The fourth-order valence-corrected chi connectivity index (χ4v) is 4.18. The van der Waals surface area contributed by atoms with Crippen molar-refractivity contribution in [1.82, 2.24) is 0 Å². The zero-order chi connectivity index (χ0) is 19.3. The summed E-state index contributed by atoms with van der Waals surface area (Å²) in [6.07, 6.45) is 11.8. The number of nitrogens with two attached hydrogens (primary N) is 1. The lowest BCUT2D eigenvalue weighted by Crippen LogP contribution is -2.28. The normalized spacial score (nSPS) is 14.8. The number of piperidine rings is 1. The van der Waals surface area contributed by atoms with Gasteiger partial charge in [-0.2, -0.15) is 5.26 Å². The van der Waals surface area contributed by atoms with E-state index in [0.717, 1.165) is 56.6 Å². The Labute approximate surface area is 166 Å². The number of thiophene rings is 1. The van der Waals surface area contributed by atoms with Gasteiger partial charge < -0.3 is 15.4 Å². The van der Waals surface area contributed by atoms with Gasteiger partial charge in [-0.3, -0.25) is 0 Å². The highest BCUT2D eigenvalue weighted by Gasteiger charge is 2.14. The van der Waals surface area contributed by atoms with E-state index in [1.165, 1.54) is 30.7 Å². The van der Waals surface area contributed by atoms with Gasteiger partial charge in [0.15, 0.2) is 0 Å². The van der Waals surface area contributed by atoms with Crippen LogP contribution in [0.4, 0.5) is 5.00 Å². The number of unbranched alkanes of at least 4 members (excludes halogenated alkanes) is 5. The van der Waals surface area contributed by atoms with Gasteiger partial charge in [0, 0.05) is 18.0 Å². The van der Waals surface area contributed by atoms with E-state index in [4.69, 9.17) is 10.5 Å². The Kier molecular flexibility index (Phi) is 9.96. The third-order valence-electron chi connectivity index (χ3n) is 4.74. The topological polar surface area (TPSA) is 79.3 Å². The van der Waals surface area contributed by atoms with E-state index in [0.29, 0.717) is 6.61 Å². The standard InChI is InChI=1S/C21H31N3O2S/c22-12-6-3-1-2-4-9-15-26-21(25)18(17-23)16-19-10-11-20(27-19)24-13-7-5-8-14-24/h10-11,16H,1-9,12-15,22H2/b18-16+. The van der Waals surface area contributed by atoms with E-state index in [1.54, 1.807) is 17.4 Å². The number of rotatable bonds is 11. The molecule has 0 atom stereocenters. The Hall–Kier alpha value is -1.84. The van der Waals surface area contributed by atoms with Crippen molar-refractivity contribution >= 4 is 28.4 Å². The molecule has 0 aromatic carbocycles. The van der Waals surface area contributed by atoms with Crippen molar-refractivity contribution in [3.63, 3.8) is 0 Å². The van der Waals surface area contributed by atoms with Crippen molar-refractivity contribution in [2.45, 2.75) is 57.8 Å². The van der Waals surface area contributed by atoms with Crippen molar-refractivity contribution < 1.29 is 9.53 Å². The Morgan fingerprint density at radius 3 is 2.56 bits per heavy atom. The highest BCUT2D eigenvalue weighted by molar-refractivity contribution is 7.16. The van der Waals surface area contributed by atoms with Gasteiger partial charge in [-0.15, -0.1) is 11.3 Å². The van der Waals surface area contributed by atoms with Crippen LogP contribution in [0.3, 0.4) is 0 Å². The van der Waals surface area contributed by atoms with Gasteiger partial charge in [0.05, 0.1) is 11.6 Å². The molecule has 0 bridgehead atoms. The number of carbonyl (C=O) groups excluding carboxylic acids is 1. The van der Waals surface area contributed by atoms with Crippen LogP contribution in [0, 0.1) is 11.3 Å². The SMILES string of the molecule is N#C/C(=C\c1ccc(N2CCCCC2)s1)C(=O)OCCCCCCCCN. The van der Waals surface area contributed by atoms with Gasteiger partial charge in [-0.1, -0.05) is 25.7 Å². The predicted molar refractivity (Wildman–Crippen MR) is 112 cm³/mol. The summed E-state index contributed by atoms with van der Waals surface area (Å²) < 4.78 is 5.26. The maximum Gasteiger partial charge on any atom is 0.348 e. The van der Waals surface area contributed by atoms with Crippen LogP contribution in [-0.2, 0) is 9.53 Å². The average molecular weight is 390 g/mol. The molecule has 0 saturated carbocycles. The lowest BCUT2D eigenvalue weighted by molar-refractivity contribution is -0.138. The van der Waals surface area contributed by atoms with Crippen molar-refractivity contribution in [3.05, 3.63) is 22.6 Å². The summed E-state index contributed by atoms with van der Waals surface area (Å²) in [5.41, 5.74) is 5.54. The Bertz CT molecular complexity index is 642. The quantitative estimate of drug-likeness (QED) is 0.261. The summed E-state index contributed by atoms with van der Waals surface area (Å²) in [6, 6.07) is 6.03. The molecule has 2 heterocycles. The first kappa shape index (κ1) is 21.5. The average Bonchev–Trinajstić information content (AvgIpc) is 3.17. The fraction of sp³-hybridized carbons (Fsp3) is 0.619. The summed E-state index contributed by atoms with van der Waals surface area (Å²) in [5, 5.41) is 10.5. The molecule has 0 radical (unpaired) electrons. The minimum Gasteiger partial charge on any atom is -0.462 e. The fourth-order valence-electron chi connectivity index (χ4n) is 3.18. The van der Waals surface area contributed by atoms with E-state index >= 15 is 0 Å². The van der Waals surface area contributed by atoms with Crippen LogP contribution in [0.5, 0.6) is 0 Å². The lowest BCUT2D eigenvalue weighted by Gasteiger charge is -2.27. The third kappa shape index (κ3) is 7.74. The molecular weight excluding hydrogens is 358 g/mol. The van der Waals surface area contributed by atoms with Gasteiger partial charge in [0.25, 0.3) is 0 Å². The van der Waals surface area contributed by atoms with Crippen LogP contribution >= 0.6 is 11.3 Å². The summed E-state index contributed by atoms with van der Waals surface area (Å²) in [6.45, 7) is 3.30. The van der Waals surface area contributed by atoms with Crippen LogP contribution in [0.1, 0.15) is 62.7 Å². The summed E-state index contributed by atoms with van der Waals surface area (Å²) in [5.74, 6) is -0.520. The molecule has 1 fully saturated rings. The minimum atomic E-state index is -0.520. The maximum atomic E-state index is 12.1. The number of nitrogens with zero attached hydrogens (tertiary/aromatic N) is 2. The lowest BCUT2D eigenvalue weighted by atomic mass is 10.1. The van der Waals surface area contributed by atoms with Crippen molar-refractivity contribution in [3.8, 4) is 6.07 Å². The number of nitriles is 1. The van der Waals surface area contributed by atoms with Crippen molar-refractivity contribution in [2.24, 2.45) is 5.73 Å². The number of ether oxygens (including phenoxy) is 1. The highest BCUT2D eigenvalue weighted by Crippen LogP contribution is 2.29. The van der Waals surface area contributed by atoms with Gasteiger partial charge in [0.2, 0.25) is 0 Å². The summed E-state index contributed by atoms with van der Waals surface area (Å²) >= 11 is 1.62. The van der Waals surface area contributed by atoms with Crippen LogP contribution in [0.15, 0.2) is 17.7 Å². The zero-order valence-electron chi connectivity index (χ0n) is 16.1. The first-order valence-corrected chi connectivity index (χ1v) is 10.9. The molecule has 0 spiro atoms. The van der Waals surface area contributed by atoms with Crippen LogP contribution < -0.4 is 10.6 Å². The molecule has 1 aliphatic rings. The Morgan fingerprint density at radius 1 is 1.15 bits per heavy atom. The zero-order valence-corrected chi connectivity index (χ0v) is 16.9. The third-order valence-corrected chi connectivity index (χ3v) is 5.83. The second-order valence-corrected chi connectivity index (χ2v) is 8.03. The van der Waals surface area contributed by atoms with E-state index in [2.05, 4.69) is 11.0 Å². The van der Waals surface area contributed by atoms with Gasteiger partial charge in [-0.25, -0.2) is 4.79 Å². The van der Waals surface area contributed by atoms with E-state index < -0.39 is 5.97 Å². The maximum absolute atomic E-state index is 12.1. The van der Waals surface area contributed by atoms with Gasteiger partial charge in [0.1, 0.15) is 11.6 Å². The first-order valence-electron chi connectivity index (χ1n) is 10.1. The molecule has 2 N–H and O–H groups in total. The molecule has 1 aromatic heterocycles. The second-order valence-electron chi connectivity index (χ2n) is 6.94. The Morgan fingerprint density at radius 2 is 1.85 bits per heavy atom. The van der Waals surface area contributed by atoms with Crippen LogP contribution in [0.2, 0.25) is 0 Å². The first-order chi connectivity index (χ1) is 13.2. The van der Waals surface area contributed by atoms with Gasteiger partial charge >= 0.3 is 5.97 Å². The Balaban J connectivity index is 1.75. The minimum absolute atomic E-state index is 0.0741. The molecule has 0 amide bonds. The molecule has 148 valence electrons. The predicted octanol–water partition coefficient (Wildman–Crippen LogP) is 4.49. The van der Waals surface area contributed by atoms with Crippen molar-refractivity contribution in [2.75, 3.05) is 31.1 Å². The number of carbonyl (C=O) groups is 1. The number of hydrogen-bond donors (Lipinski definition) is 1. The van der Waals surface area contributed by atoms with E-state index in [1.807, 2.05) is 12.1 Å². The molecule has 2 rings (SSSR count). The smallest absolute Gasteiger partial charge is 0.348 e. The van der Waals surface area contributed by atoms with Crippen molar-refractivity contribution in [1.29, 1.82) is 5.26 Å². The molecule has 6 heteroatoms.